The van der Waals surface area contributed by atoms with Gasteiger partial charge in [0.2, 0.25) is 0 Å². The van der Waals surface area contributed by atoms with Gasteiger partial charge in [-0.05, 0) is 54.5 Å². The third kappa shape index (κ3) is 12.2. The summed E-state index contributed by atoms with van der Waals surface area (Å²) in [6, 6.07) is 8.94. The predicted molar refractivity (Wildman–Crippen MR) is 196 cm³/mol. The van der Waals surface area contributed by atoms with E-state index in [0.717, 1.165) is 20.8 Å². The fourth-order valence-corrected chi connectivity index (χ4v) is 7.03. The van der Waals surface area contributed by atoms with Gasteiger partial charge in [-0.1, -0.05) is 44.2 Å². The van der Waals surface area contributed by atoms with Gasteiger partial charge in [0.25, 0.3) is 0 Å². The summed E-state index contributed by atoms with van der Waals surface area (Å²) in [5, 5.41) is 0. The van der Waals surface area contributed by atoms with Gasteiger partial charge in [-0.2, -0.15) is 0 Å². The Morgan fingerprint density at radius 3 is 1.76 bits per heavy atom. The van der Waals surface area contributed by atoms with E-state index in [-0.39, 0.29) is 29.7 Å². The lowest BCUT2D eigenvalue weighted by molar-refractivity contribution is -0.156. The van der Waals surface area contributed by atoms with Crippen LogP contribution in [0.1, 0.15) is 87.6 Å². The second kappa shape index (κ2) is 19.2. The summed E-state index contributed by atoms with van der Waals surface area (Å²) in [4.78, 5) is 89.4. The lowest BCUT2D eigenvalue weighted by Gasteiger charge is -2.48. The zero-order chi connectivity index (χ0) is 41.2. The summed E-state index contributed by atoms with van der Waals surface area (Å²) in [7, 11) is 0. The average Bonchev–Trinajstić information content (AvgIpc) is 3.06. The first kappa shape index (κ1) is 43.9. The van der Waals surface area contributed by atoms with E-state index in [9.17, 15) is 33.6 Å². The Hall–Kier alpha value is -5.53. The van der Waals surface area contributed by atoms with Crippen molar-refractivity contribution in [2.75, 3.05) is 6.61 Å². The standard InChI is InChI=1S/C41H50O14/c1-22-33(50-25(4)43)19-32-36(52-27(6)45)18-31(21-49-24(3)42)35(55-37(48)17-16-30-14-12-11-13-15-30)20-34(51-26(5)44)23(2)39(53-28(7)46)40(54-29(8)47)38(22)41(32,9)10/h11-18,32-36,40H,19-21H2,1-10H3/b17-16+,31-18+,39-23?/t32-,33-,34-,35-,36-,40+/m0/s1. The molecule has 0 spiro atoms. The summed E-state index contributed by atoms with van der Waals surface area (Å²) in [5.74, 6) is -6.12. The van der Waals surface area contributed by atoms with Crippen LogP contribution in [0.5, 0.6) is 0 Å². The maximum atomic E-state index is 13.5. The number of esters is 7. The van der Waals surface area contributed by atoms with E-state index in [1.165, 1.54) is 45.9 Å². The molecule has 0 amide bonds. The van der Waals surface area contributed by atoms with Gasteiger partial charge in [-0.25, -0.2) is 4.79 Å². The fraction of sp³-hybridized carbons (Fsp3) is 0.488. The molecule has 0 aromatic heterocycles. The molecule has 0 saturated carbocycles. The molecule has 0 aliphatic heterocycles. The molecule has 14 nitrogen and oxygen atoms in total. The molecule has 0 N–H and O–H groups in total. The van der Waals surface area contributed by atoms with E-state index in [4.69, 9.17) is 33.2 Å². The van der Waals surface area contributed by atoms with Crippen molar-refractivity contribution in [2.24, 2.45) is 11.3 Å². The van der Waals surface area contributed by atoms with Gasteiger partial charge >= 0.3 is 41.8 Å². The molecule has 6 atom stereocenters. The van der Waals surface area contributed by atoms with Crippen molar-refractivity contribution >= 4 is 47.9 Å². The molecule has 0 heterocycles. The van der Waals surface area contributed by atoms with Gasteiger partial charge < -0.3 is 33.2 Å². The first-order valence-corrected chi connectivity index (χ1v) is 17.8. The molecule has 3 rings (SSSR count). The molecule has 1 aromatic rings. The summed E-state index contributed by atoms with van der Waals surface area (Å²) in [6.45, 7) is 13.4. The van der Waals surface area contributed by atoms with Crippen molar-refractivity contribution in [3.8, 4) is 0 Å². The number of rotatable bonds is 10. The van der Waals surface area contributed by atoms with Crippen LogP contribution in [-0.4, -0.2) is 78.9 Å². The van der Waals surface area contributed by atoms with Gasteiger partial charge in [0.05, 0.1) is 0 Å². The van der Waals surface area contributed by atoms with Crippen molar-refractivity contribution in [3.05, 3.63) is 76.1 Å². The number of hydrogen-bond donors (Lipinski definition) is 0. The van der Waals surface area contributed by atoms with Crippen molar-refractivity contribution in [1.82, 2.24) is 0 Å². The number of fused-ring (bicyclic) bond motifs is 2. The van der Waals surface area contributed by atoms with Crippen LogP contribution >= 0.6 is 0 Å². The summed E-state index contributed by atoms with van der Waals surface area (Å²) < 4.78 is 40.8. The second-order valence-corrected chi connectivity index (χ2v) is 14.0. The summed E-state index contributed by atoms with van der Waals surface area (Å²) in [6.07, 6.45) is -2.22. The second-order valence-electron chi connectivity index (χ2n) is 14.0. The molecule has 0 unspecified atom stereocenters. The smallest absolute Gasteiger partial charge is 0.331 e. The van der Waals surface area contributed by atoms with Crippen LogP contribution in [0.25, 0.3) is 6.08 Å². The number of benzene rings is 1. The lowest BCUT2D eigenvalue weighted by Crippen LogP contribution is -2.49. The third-order valence-corrected chi connectivity index (χ3v) is 9.35. The van der Waals surface area contributed by atoms with Crippen molar-refractivity contribution in [3.63, 3.8) is 0 Å². The zero-order valence-corrected chi connectivity index (χ0v) is 32.9. The highest BCUT2D eigenvalue weighted by Crippen LogP contribution is 2.52. The minimum absolute atomic E-state index is 0.0932. The number of carbonyl (C=O) groups excluding carboxylic acids is 7. The highest BCUT2D eigenvalue weighted by atomic mass is 16.6. The minimum atomic E-state index is -1.45. The molecule has 2 bridgehead atoms. The summed E-state index contributed by atoms with van der Waals surface area (Å²) >= 11 is 0. The van der Waals surface area contributed by atoms with Crippen molar-refractivity contribution in [2.45, 2.75) is 113 Å². The van der Waals surface area contributed by atoms with Gasteiger partial charge in [-0.15, -0.1) is 0 Å². The Kier molecular flexibility index (Phi) is 15.3. The van der Waals surface area contributed by atoms with Gasteiger partial charge in [0, 0.05) is 71.1 Å². The quantitative estimate of drug-likeness (QED) is 0.127. The van der Waals surface area contributed by atoms with E-state index in [2.05, 4.69) is 0 Å². The fourth-order valence-electron chi connectivity index (χ4n) is 7.03. The van der Waals surface area contributed by atoms with E-state index in [0.29, 0.717) is 16.7 Å². The van der Waals surface area contributed by atoms with Crippen LogP contribution in [0.3, 0.4) is 0 Å². The molecule has 298 valence electrons. The highest BCUT2D eigenvalue weighted by Gasteiger charge is 2.51. The largest absolute Gasteiger partial charge is 0.461 e. The Morgan fingerprint density at radius 1 is 0.673 bits per heavy atom. The van der Waals surface area contributed by atoms with Crippen LogP contribution in [0, 0.1) is 11.3 Å². The van der Waals surface area contributed by atoms with Crippen LogP contribution in [0.15, 0.2) is 70.5 Å². The van der Waals surface area contributed by atoms with Crippen LogP contribution in [0.2, 0.25) is 0 Å². The van der Waals surface area contributed by atoms with Gasteiger partial charge in [0.1, 0.15) is 31.0 Å². The Balaban J connectivity index is 2.51. The zero-order valence-electron chi connectivity index (χ0n) is 32.9. The Morgan fingerprint density at radius 2 is 1.24 bits per heavy atom. The van der Waals surface area contributed by atoms with Crippen molar-refractivity contribution in [1.29, 1.82) is 0 Å². The number of hydrogen-bond acceptors (Lipinski definition) is 14. The minimum Gasteiger partial charge on any atom is -0.461 e. The molecule has 0 saturated heterocycles. The van der Waals surface area contributed by atoms with Gasteiger partial charge in [0.15, 0.2) is 11.9 Å². The van der Waals surface area contributed by atoms with E-state index >= 15 is 0 Å². The predicted octanol–water partition coefficient (Wildman–Crippen LogP) is 5.43. The Labute approximate surface area is 320 Å². The van der Waals surface area contributed by atoms with Crippen LogP contribution in [-0.2, 0) is 66.7 Å². The van der Waals surface area contributed by atoms with Crippen LogP contribution in [0.4, 0.5) is 0 Å². The maximum Gasteiger partial charge on any atom is 0.331 e. The number of carbonyl (C=O) groups is 7. The molecule has 2 aliphatic carbocycles. The van der Waals surface area contributed by atoms with E-state index < -0.39 is 90.2 Å². The van der Waals surface area contributed by atoms with E-state index in [1.807, 2.05) is 6.07 Å². The molecule has 0 fully saturated rings. The molecular weight excluding hydrogens is 716 g/mol. The average molecular weight is 767 g/mol. The molecule has 0 radical (unpaired) electrons. The monoisotopic (exact) mass is 766 g/mol. The summed E-state index contributed by atoms with van der Waals surface area (Å²) in [5.41, 5.74) is 0.698. The first-order valence-electron chi connectivity index (χ1n) is 17.8. The Bertz CT molecular complexity index is 1780. The normalized spacial score (nSPS) is 24.9. The molecule has 55 heavy (non-hydrogen) atoms. The highest BCUT2D eigenvalue weighted by molar-refractivity contribution is 5.87. The molecule has 2 aliphatic rings. The van der Waals surface area contributed by atoms with Crippen molar-refractivity contribution < 1.29 is 66.7 Å². The molecule has 14 heteroatoms. The van der Waals surface area contributed by atoms with E-state index in [1.54, 1.807) is 45.0 Å². The maximum absolute atomic E-state index is 13.5. The molecule has 1 aromatic carbocycles. The third-order valence-electron chi connectivity index (χ3n) is 9.35. The lowest BCUT2D eigenvalue weighted by atomic mass is 9.60. The topological polar surface area (TPSA) is 184 Å². The first-order chi connectivity index (χ1) is 25.7. The number of ether oxygens (including phenoxy) is 7. The van der Waals surface area contributed by atoms with Gasteiger partial charge in [-0.3, -0.25) is 28.8 Å². The van der Waals surface area contributed by atoms with Crippen LogP contribution < -0.4 is 0 Å². The molecular formula is C41H50O14. The SMILES string of the molecule is CC(=O)OC/C1=C\[C@H](OC(C)=O)[C@@H]2C[C@H](OC(C)=O)C(C)=C([C@@H](OC(C)=O)C(OC(C)=O)=C(C)[C@@H](OC(C)=O)C[C@@H]1OC(=O)/C=C/c1ccccc1)C2(C)C.